The van der Waals surface area contributed by atoms with Crippen molar-refractivity contribution in [1.29, 1.82) is 0 Å². The fraction of sp³-hybridized carbons (Fsp3) is 0.692. The molecule has 0 radical (unpaired) electrons. The molecule has 0 bridgehead atoms. The lowest BCUT2D eigenvalue weighted by molar-refractivity contribution is -0.222. The van der Waals surface area contributed by atoms with Gasteiger partial charge in [0.05, 0.1) is 12.8 Å². The van der Waals surface area contributed by atoms with Crippen LogP contribution in [0, 0.1) is 5.82 Å². The quantitative estimate of drug-likeness (QED) is 0.599. The van der Waals surface area contributed by atoms with Crippen LogP contribution in [0.3, 0.4) is 0 Å². The number of nitrogens with one attached hydrogen (secondary N) is 1. The van der Waals surface area contributed by atoms with Crippen molar-refractivity contribution in [3.8, 4) is 0 Å². The fourth-order valence-electron chi connectivity index (χ4n) is 2.88. The lowest BCUT2D eigenvalue weighted by atomic mass is 9.98. The molecule has 10 heteroatoms. The van der Waals surface area contributed by atoms with Gasteiger partial charge >= 0.3 is 5.69 Å². The number of rotatable bonds is 2. The summed E-state index contributed by atoms with van der Waals surface area (Å²) in [6.45, 7) is 2.68. The number of aliphatic hydroxyl groups is 2. The van der Waals surface area contributed by atoms with Gasteiger partial charge in [-0.3, -0.25) is 14.3 Å². The number of ether oxygens (including phenoxy) is 3. The van der Waals surface area contributed by atoms with Crippen molar-refractivity contribution in [2.75, 3.05) is 6.61 Å². The van der Waals surface area contributed by atoms with E-state index in [1.165, 1.54) is 0 Å². The van der Waals surface area contributed by atoms with Crippen molar-refractivity contribution in [3.05, 3.63) is 32.9 Å². The molecular formula is C13H17FN2O7. The number of hydrogen-bond acceptors (Lipinski definition) is 7. The van der Waals surface area contributed by atoms with Gasteiger partial charge in [0, 0.05) is 0 Å². The van der Waals surface area contributed by atoms with Crippen LogP contribution in [-0.2, 0) is 14.2 Å². The highest BCUT2D eigenvalue weighted by atomic mass is 19.1. The Balaban J connectivity index is 2.05. The van der Waals surface area contributed by atoms with Crippen LogP contribution < -0.4 is 11.2 Å². The summed E-state index contributed by atoms with van der Waals surface area (Å²) >= 11 is 0. The molecular weight excluding hydrogens is 315 g/mol. The summed E-state index contributed by atoms with van der Waals surface area (Å²) in [5.74, 6) is -2.23. The maximum atomic E-state index is 13.5. The van der Waals surface area contributed by atoms with Gasteiger partial charge in [0.2, 0.25) is 5.82 Å². The maximum absolute atomic E-state index is 13.5. The minimum Gasteiger partial charge on any atom is -0.394 e. The minimum atomic E-state index is -1.19. The van der Waals surface area contributed by atoms with E-state index in [0.717, 1.165) is 4.57 Å². The molecule has 2 saturated heterocycles. The molecule has 0 aliphatic carbocycles. The van der Waals surface area contributed by atoms with Crippen LogP contribution in [0.5, 0.6) is 0 Å². The van der Waals surface area contributed by atoms with Crippen molar-refractivity contribution in [2.24, 2.45) is 0 Å². The Bertz CT molecular complexity index is 715. The first-order valence-electron chi connectivity index (χ1n) is 7.04. The molecule has 0 unspecified atom stereocenters. The van der Waals surface area contributed by atoms with Gasteiger partial charge in [-0.25, -0.2) is 4.79 Å². The first-order valence-corrected chi connectivity index (χ1v) is 7.04. The summed E-state index contributed by atoms with van der Waals surface area (Å²) in [5, 5.41) is 19.5. The molecule has 0 amide bonds. The second-order valence-corrected chi connectivity index (χ2v) is 5.95. The first kappa shape index (κ1) is 16.3. The van der Waals surface area contributed by atoms with E-state index >= 15 is 0 Å². The second kappa shape index (κ2) is 5.49. The minimum absolute atomic E-state index is 0.536. The van der Waals surface area contributed by atoms with Crippen molar-refractivity contribution >= 4 is 0 Å². The molecule has 9 nitrogen and oxygen atoms in total. The lowest BCUT2D eigenvalue weighted by Gasteiger charge is -2.39. The first-order chi connectivity index (χ1) is 10.7. The van der Waals surface area contributed by atoms with Crippen LogP contribution in [0.4, 0.5) is 4.39 Å². The normalized spacial score (nSPS) is 36.0. The number of hydrogen-bond donors (Lipinski definition) is 3. The number of halogens is 1. The smallest absolute Gasteiger partial charge is 0.330 e. The van der Waals surface area contributed by atoms with Crippen LogP contribution in [0.15, 0.2) is 15.8 Å². The summed E-state index contributed by atoms with van der Waals surface area (Å²) < 4.78 is 31.1. The molecule has 2 aliphatic heterocycles. The Labute approximate surface area is 129 Å². The number of aliphatic hydroxyl groups excluding tert-OH is 2. The molecule has 1 aromatic heterocycles. The highest BCUT2D eigenvalue weighted by Gasteiger charge is 2.55. The van der Waals surface area contributed by atoms with Crippen LogP contribution in [-0.4, -0.2) is 56.6 Å². The zero-order valence-corrected chi connectivity index (χ0v) is 12.4. The van der Waals surface area contributed by atoms with E-state index in [9.17, 15) is 24.2 Å². The van der Waals surface area contributed by atoms with Crippen molar-refractivity contribution in [2.45, 2.75) is 50.3 Å². The average Bonchev–Trinajstić information content (AvgIpc) is 2.80. The zero-order chi connectivity index (χ0) is 16.9. The van der Waals surface area contributed by atoms with E-state index in [2.05, 4.69) is 0 Å². The van der Waals surface area contributed by atoms with Gasteiger partial charge in [0.15, 0.2) is 12.0 Å². The topological polar surface area (TPSA) is 123 Å². The van der Waals surface area contributed by atoms with Gasteiger partial charge in [0.25, 0.3) is 5.56 Å². The second-order valence-electron chi connectivity index (χ2n) is 5.95. The van der Waals surface area contributed by atoms with Crippen LogP contribution in [0.25, 0.3) is 0 Å². The highest BCUT2D eigenvalue weighted by molar-refractivity contribution is 4.99. The van der Waals surface area contributed by atoms with Gasteiger partial charge in [-0.1, -0.05) is 0 Å². The predicted molar refractivity (Wildman–Crippen MR) is 72.1 cm³/mol. The molecule has 2 aliphatic rings. The highest BCUT2D eigenvalue weighted by Crippen LogP contribution is 2.40. The molecule has 23 heavy (non-hydrogen) atoms. The lowest BCUT2D eigenvalue weighted by Crippen LogP contribution is -2.56. The Morgan fingerprint density at radius 2 is 2.00 bits per heavy atom. The SMILES string of the molecule is CC1(C)O[C@H]2[C@H](O)[C@@H](CO)O[C@H](n3cc(F)c(=O)[nH]c3=O)[C@H]2O1. The molecule has 2 fully saturated rings. The van der Waals surface area contributed by atoms with E-state index in [1.54, 1.807) is 13.8 Å². The monoisotopic (exact) mass is 332 g/mol. The van der Waals surface area contributed by atoms with Gasteiger partial charge in [-0.05, 0) is 13.8 Å². The Morgan fingerprint density at radius 1 is 1.35 bits per heavy atom. The molecule has 3 rings (SSSR count). The average molecular weight is 332 g/mol. The number of fused-ring (bicyclic) bond motifs is 1. The van der Waals surface area contributed by atoms with Gasteiger partial charge in [-0.15, -0.1) is 0 Å². The summed E-state index contributed by atoms with van der Waals surface area (Å²) in [6.07, 6.45) is -4.54. The van der Waals surface area contributed by atoms with Gasteiger partial charge in [0.1, 0.15) is 24.4 Å². The zero-order valence-electron chi connectivity index (χ0n) is 12.4. The fourth-order valence-corrected chi connectivity index (χ4v) is 2.88. The third-order valence-electron chi connectivity index (χ3n) is 3.85. The van der Waals surface area contributed by atoms with Crippen LogP contribution in [0.2, 0.25) is 0 Å². The van der Waals surface area contributed by atoms with Crippen LogP contribution in [0.1, 0.15) is 20.1 Å². The third kappa shape index (κ3) is 2.72. The molecule has 0 saturated carbocycles. The van der Waals surface area contributed by atoms with E-state index < -0.39 is 60.1 Å². The van der Waals surface area contributed by atoms with Crippen LogP contribution >= 0.6 is 0 Å². The molecule has 3 heterocycles. The molecule has 128 valence electrons. The van der Waals surface area contributed by atoms with E-state index in [0.29, 0.717) is 6.20 Å². The molecule has 0 spiro atoms. The van der Waals surface area contributed by atoms with Crippen molar-refractivity contribution in [1.82, 2.24) is 9.55 Å². The molecule has 1 aromatic rings. The predicted octanol–water partition coefficient (Wildman–Crippen LogP) is -1.55. The summed E-state index contributed by atoms with van der Waals surface area (Å²) in [6, 6.07) is 0. The molecule has 5 atom stereocenters. The van der Waals surface area contributed by atoms with E-state index in [-0.39, 0.29) is 0 Å². The third-order valence-corrected chi connectivity index (χ3v) is 3.85. The largest absolute Gasteiger partial charge is 0.394 e. The summed E-state index contributed by atoms with van der Waals surface area (Å²) in [7, 11) is 0. The Hall–Kier alpha value is -1.59. The maximum Gasteiger partial charge on any atom is 0.330 e. The van der Waals surface area contributed by atoms with E-state index in [1.807, 2.05) is 4.98 Å². The number of nitrogens with zero attached hydrogens (tertiary/aromatic N) is 1. The number of aromatic nitrogens is 2. The number of H-pyrrole nitrogens is 1. The standard InChI is InChI=1S/C13H17FN2O7/c1-13(2)22-8-7(18)6(4-17)21-11(9(8)23-13)16-3-5(14)10(19)15-12(16)20/h3,6-9,11,17-18H,4H2,1-2H3,(H,15,19,20)/t6-,7-,8+,9+,11+/m1/s1. The Morgan fingerprint density at radius 3 is 2.65 bits per heavy atom. The molecule has 3 N–H and O–H groups in total. The number of aromatic amines is 1. The summed E-state index contributed by atoms with van der Waals surface area (Å²) in [5.41, 5.74) is -2.05. The summed E-state index contributed by atoms with van der Waals surface area (Å²) in [4.78, 5) is 24.9. The van der Waals surface area contributed by atoms with E-state index in [4.69, 9.17) is 14.2 Å². The molecule has 0 aromatic carbocycles. The Kier molecular flexibility index (Phi) is 3.89. The van der Waals surface area contributed by atoms with Gasteiger partial charge < -0.3 is 24.4 Å². The van der Waals surface area contributed by atoms with Crippen molar-refractivity contribution in [3.63, 3.8) is 0 Å². The van der Waals surface area contributed by atoms with Crippen molar-refractivity contribution < 1.29 is 28.8 Å². The van der Waals surface area contributed by atoms with Gasteiger partial charge in [-0.2, -0.15) is 4.39 Å².